The Morgan fingerprint density at radius 3 is 2.65 bits per heavy atom. The van der Waals surface area contributed by atoms with Crippen LogP contribution in [0.5, 0.6) is 5.75 Å². The van der Waals surface area contributed by atoms with Gasteiger partial charge in [-0.1, -0.05) is 6.07 Å². The SMILES string of the molecule is COc1cccc(N2CCN(C(=O)C3=NNC(=O)CC3)CC2)c1. The Morgan fingerprint density at radius 2 is 2.00 bits per heavy atom. The predicted octanol–water partition coefficient (Wildman–Crippen LogP) is 0.610. The van der Waals surface area contributed by atoms with Gasteiger partial charge < -0.3 is 14.5 Å². The topological polar surface area (TPSA) is 74.2 Å². The van der Waals surface area contributed by atoms with Crippen molar-refractivity contribution in [3.8, 4) is 5.75 Å². The lowest BCUT2D eigenvalue weighted by Crippen LogP contribution is -2.51. The molecular formula is C16H20N4O3. The third kappa shape index (κ3) is 3.44. The molecule has 0 unspecified atom stereocenters. The van der Waals surface area contributed by atoms with Crippen molar-refractivity contribution in [1.29, 1.82) is 0 Å². The first kappa shape index (κ1) is 15.3. The lowest BCUT2D eigenvalue weighted by Gasteiger charge is -2.36. The van der Waals surface area contributed by atoms with Crippen molar-refractivity contribution in [2.45, 2.75) is 12.8 Å². The van der Waals surface area contributed by atoms with Crippen molar-refractivity contribution in [2.24, 2.45) is 5.10 Å². The van der Waals surface area contributed by atoms with Crippen molar-refractivity contribution in [2.75, 3.05) is 38.2 Å². The van der Waals surface area contributed by atoms with E-state index < -0.39 is 0 Å². The molecule has 1 saturated heterocycles. The third-order valence-corrected chi connectivity index (χ3v) is 4.14. The molecule has 1 N–H and O–H groups in total. The van der Waals surface area contributed by atoms with Crippen LogP contribution in [0.15, 0.2) is 29.4 Å². The van der Waals surface area contributed by atoms with Crippen LogP contribution in [0, 0.1) is 0 Å². The monoisotopic (exact) mass is 316 g/mol. The predicted molar refractivity (Wildman–Crippen MR) is 86.6 cm³/mol. The number of anilines is 1. The molecule has 2 amide bonds. The molecule has 2 aliphatic rings. The summed E-state index contributed by atoms with van der Waals surface area (Å²) in [5, 5.41) is 3.88. The highest BCUT2D eigenvalue weighted by Gasteiger charge is 2.26. The maximum absolute atomic E-state index is 12.4. The molecule has 23 heavy (non-hydrogen) atoms. The van der Waals surface area contributed by atoms with Gasteiger partial charge in [-0.25, -0.2) is 5.43 Å². The summed E-state index contributed by atoms with van der Waals surface area (Å²) in [5.41, 5.74) is 3.92. The minimum absolute atomic E-state index is 0.0738. The Kier molecular flexibility index (Phi) is 4.45. The average Bonchev–Trinajstić information content (AvgIpc) is 2.62. The molecule has 0 atom stereocenters. The summed E-state index contributed by atoms with van der Waals surface area (Å²) in [7, 11) is 1.65. The van der Waals surface area contributed by atoms with E-state index in [1.807, 2.05) is 24.3 Å². The van der Waals surface area contributed by atoms with E-state index in [1.54, 1.807) is 12.0 Å². The Balaban J connectivity index is 1.59. The van der Waals surface area contributed by atoms with E-state index in [0.717, 1.165) is 24.5 Å². The average molecular weight is 316 g/mol. The molecular weight excluding hydrogens is 296 g/mol. The maximum atomic E-state index is 12.4. The molecule has 0 bridgehead atoms. The Morgan fingerprint density at radius 1 is 1.22 bits per heavy atom. The second-order valence-electron chi connectivity index (χ2n) is 5.57. The molecule has 0 radical (unpaired) electrons. The van der Waals surface area contributed by atoms with Crippen LogP contribution in [-0.2, 0) is 9.59 Å². The van der Waals surface area contributed by atoms with E-state index >= 15 is 0 Å². The zero-order chi connectivity index (χ0) is 16.2. The van der Waals surface area contributed by atoms with Crippen LogP contribution in [-0.4, -0.2) is 55.7 Å². The molecule has 1 aromatic carbocycles. The van der Waals surface area contributed by atoms with Crippen LogP contribution < -0.4 is 15.1 Å². The molecule has 7 heteroatoms. The Hall–Kier alpha value is -2.57. The number of rotatable bonds is 3. The van der Waals surface area contributed by atoms with E-state index in [-0.39, 0.29) is 11.8 Å². The molecule has 3 rings (SSSR count). The molecule has 0 spiro atoms. The molecule has 1 fully saturated rings. The van der Waals surface area contributed by atoms with Gasteiger partial charge in [0.25, 0.3) is 5.91 Å². The van der Waals surface area contributed by atoms with Gasteiger partial charge in [-0.05, 0) is 12.1 Å². The number of amides is 2. The highest BCUT2D eigenvalue weighted by atomic mass is 16.5. The zero-order valence-corrected chi connectivity index (χ0v) is 13.1. The van der Waals surface area contributed by atoms with Gasteiger partial charge in [0.05, 0.1) is 7.11 Å². The van der Waals surface area contributed by atoms with Crippen LogP contribution in [0.3, 0.4) is 0 Å². The smallest absolute Gasteiger partial charge is 0.270 e. The minimum atomic E-state index is -0.135. The summed E-state index contributed by atoms with van der Waals surface area (Å²) < 4.78 is 5.25. The van der Waals surface area contributed by atoms with Gasteiger partial charge in [-0.3, -0.25) is 9.59 Å². The number of piperazine rings is 1. The van der Waals surface area contributed by atoms with Crippen molar-refractivity contribution >= 4 is 23.2 Å². The number of carbonyl (C=O) groups excluding carboxylic acids is 2. The number of carbonyl (C=O) groups is 2. The molecule has 0 saturated carbocycles. The zero-order valence-electron chi connectivity index (χ0n) is 13.1. The summed E-state index contributed by atoms with van der Waals surface area (Å²) in [6, 6.07) is 7.92. The van der Waals surface area contributed by atoms with Gasteiger partial charge >= 0.3 is 0 Å². The maximum Gasteiger partial charge on any atom is 0.270 e. The number of hydrazone groups is 1. The van der Waals surface area contributed by atoms with Gasteiger partial charge in [0.2, 0.25) is 5.91 Å². The van der Waals surface area contributed by atoms with Crippen LogP contribution in [0.2, 0.25) is 0 Å². The van der Waals surface area contributed by atoms with E-state index in [4.69, 9.17) is 4.74 Å². The number of hydrogen-bond acceptors (Lipinski definition) is 5. The fraction of sp³-hybridized carbons (Fsp3) is 0.438. The molecule has 1 aromatic rings. The first-order chi connectivity index (χ1) is 11.2. The third-order valence-electron chi connectivity index (χ3n) is 4.14. The fourth-order valence-corrected chi connectivity index (χ4v) is 2.79. The highest BCUT2D eigenvalue weighted by Crippen LogP contribution is 2.22. The second-order valence-corrected chi connectivity index (χ2v) is 5.57. The van der Waals surface area contributed by atoms with Gasteiger partial charge in [-0.2, -0.15) is 5.10 Å². The Bertz CT molecular complexity index is 636. The number of nitrogens with one attached hydrogen (secondary N) is 1. The molecule has 2 heterocycles. The number of ether oxygens (including phenoxy) is 1. The van der Waals surface area contributed by atoms with Crippen molar-refractivity contribution in [1.82, 2.24) is 10.3 Å². The summed E-state index contributed by atoms with van der Waals surface area (Å²) in [6.45, 7) is 2.81. The van der Waals surface area contributed by atoms with Crippen LogP contribution in [0.4, 0.5) is 5.69 Å². The largest absolute Gasteiger partial charge is 0.497 e. The van der Waals surface area contributed by atoms with Crippen molar-refractivity contribution in [3.63, 3.8) is 0 Å². The van der Waals surface area contributed by atoms with E-state index in [9.17, 15) is 9.59 Å². The van der Waals surface area contributed by atoms with Gasteiger partial charge in [0.15, 0.2) is 0 Å². The van der Waals surface area contributed by atoms with Crippen molar-refractivity contribution in [3.05, 3.63) is 24.3 Å². The summed E-state index contributed by atoms with van der Waals surface area (Å²) in [4.78, 5) is 27.5. The first-order valence-corrected chi connectivity index (χ1v) is 7.71. The van der Waals surface area contributed by atoms with Crippen LogP contribution >= 0.6 is 0 Å². The lowest BCUT2D eigenvalue weighted by molar-refractivity contribution is -0.124. The van der Waals surface area contributed by atoms with Gasteiger partial charge in [-0.15, -0.1) is 0 Å². The van der Waals surface area contributed by atoms with E-state index in [0.29, 0.717) is 31.6 Å². The second kappa shape index (κ2) is 6.68. The molecule has 0 aromatic heterocycles. The van der Waals surface area contributed by atoms with Gasteiger partial charge in [0.1, 0.15) is 11.5 Å². The molecule has 122 valence electrons. The summed E-state index contributed by atoms with van der Waals surface area (Å²) in [5.74, 6) is 0.619. The number of methoxy groups -OCH3 is 1. The highest BCUT2D eigenvalue weighted by molar-refractivity contribution is 6.39. The molecule has 7 nitrogen and oxygen atoms in total. The van der Waals surface area contributed by atoms with Crippen molar-refractivity contribution < 1.29 is 14.3 Å². The normalized spacial score (nSPS) is 18.3. The molecule has 2 aliphatic heterocycles. The summed E-state index contributed by atoms with van der Waals surface area (Å²) in [6.07, 6.45) is 0.745. The Labute approximate surface area is 134 Å². The van der Waals surface area contributed by atoms with Gasteiger partial charge in [0, 0.05) is 50.8 Å². The quantitative estimate of drug-likeness (QED) is 0.887. The number of hydrogen-bond donors (Lipinski definition) is 1. The fourth-order valence-electron chi connectivity index (χ4n) is 2.79. The number of nitrogens with zero attached hydrogens (tertiary/aromatic N) is 3. The molecule has 0 aliphatic carbocycles. The van der Waals surface area contributed by atoms with Crippen LogP contribution in [0.1, 0.15) is 12.8 Å². The van der Waals surface area contributed by atoms with E-state index in [1.165, 1.54) is 0 Å². The first-order valence-electron chi connectivity index (χ1n) is 7.71. The van der Waals surface area contributed by atoms with Crippen LogP contribution in [0.25, 0.3) is 0 Å². The summed E-state index contributed by atoms with van der Waals surface area (Å²) >= 11 is 0. The standard InChI is InChI=1S/C16H20N4O3/c1-23-13-4-2-3-12(11-13)19-7-9-20(10-8-19)16(22)14-5-6-15(21)18-17-14/h2-4,11H,5-10H2,1H3,(H,18,21). The van der Waals surface area contributed by atoms with E-state index in [2.05, 4.69) is 15.4 Å². The number of benzene rings is 1. The minimum Gasteiger partial charge on any atom is -0.497 e. The lowest BCUT2D eigenvalue weighted by atomic mass is 10.1.